The Bertz CT molecular complexity index is 608. The number of rotatable bonds is 5. The van der Waals surface area contributed by atoms with Gasteiger partial charge in [-0.3, -0.25) is 9.79 Å². The van der Waals surface area contributed by atoms with Crippen LogP contribution in [-0.2, 0) is 9.53 Å². The Morgan fingerprint density at radius 3 is 2.84 bits per heavy atom. The van der Waals surface area contributed by atoms with Crippen molar-refractivity contribution in [1.29, 1.82) is 0 Å². The number of amides is 1. The number of aromatic nitrogens is 1. The van der Waals surface area contributed by atoms with Crippen LogP contribution in [0.2, 0.25) is 0 Å². The first-order chi connectivity index (χ1) is 11.6. The molecule has 0 aliphatic carbocycles. The van der Waals surface area contributed by atoms with Gasteiger partial charge in [0.15, 0.2) is 5.96 Å². The minimum atomic E-state index is -0.0717. The number of nitrogens with one attached hydrogen (secondary N) is 3. The number of nitrogens with zero attached hydrogens (tertiary/aromatic N) is 2. The predicted molar refractivity (Wildman–Crippen MR) is 108 cm³/mol. The number of ether oxygens (including phenoxy) is 1. The zero-order valence-corrected chi connectivity index (χ0v) is 16.9. The van der Waals surface area contributed by atoms with E-state index in [-0.39, 0.29) is 29.9 Å². The monoisotopic (exact) mass is 459 g/mol. The summed E-state index contributed by atoms with van der Waals surface area (Å²) >= 11 is 0. The smallest absolute Gasteiger partial charge is 0.227 e. The minimum Gasteiger partial charge on any atom is -0.373 e. The molecule has 0 spiro atoms. The normalized spacial score (nSPS) is 24.6. The summed E-state index contributed by atoms with van der Waals surface area (Å²) in [4.78, 5) is 20.3. The van der Waals surface area contributed by atoms with Crippen LogP contribution in [0.15, 0.2) is 23.3 Å². The molecule has 3 heterocycles. The van der Waals surface area contributed by atoms with Crippen molar-refractivity contribution < 1.29 is 9.53 Å². The fraction of sp³-hybridized carbons (Fsp3) is 0.588. The second-order valence-corrected chi connectivity index (χ2v) is 6.38. The molecule has 0 aromatic carbocycles. The minimum absolute atomic E-state index is 0. The molecule has 0 saturated carbocycles. The van der Waals surface area contributed by atoms with Gasteiger partial charge in [-0.2, -0.15) is 0 Å². The number of pyridine rings is 1. The summed E-state index contributed by atoms with van der Waals surface area (Å²) in [6.45, 7) is 2.47. The molecule has 25 heavy (non-hydrogen) atoms. The number of anilines is 1. The summed E-state index contributed by atoms with van der Waals surface area (Å²) in [7, 11) is 1.74. The highest BCUT2D eigenvalue weighted by atomic mass is 127. The second kappa shape index (κ2) is 9.33. The van der Waals surface area contributed by atoms with E-state index in [9.17, 15) is 4.79 Å². The number of aliphatic imine (C=N–C) groups is 1. The third-order valence-corrected chi connectivity index (χ3v) is 4.48. The van der Waals surface area contributed by atoms with Gasteiger partial charge >= 0.3 is 0 Å². The maximum Gasteiger partial charge on any atom is 0.227 e. The summed E-state index contributed by atoms with van der Waals surface area (Å²) < 4.78 is 5.83. The van der Waals surface area contributed by atoms with Crippen LogP contribution in [0.1, 0.15) is 31.2 Å². The number of hydrogen-bond donors (Lipinski definition) is 3. The molecule has 2 aliphatic rings. The van der Waals surface area contributed by atoms with Crippen molar-refractivity contribution in [1.82, 2.24) is 15.6 Å². The molecule has 138 valence electrons. The summed E-state index contributed by atoms with van der Waals surface area (Å²) in [5, 5.41) is 9.37. The van der Waals surface area contributed by atoms with E-state index >= 15 is 0 Å². The molecular formula is C17H26IN5O2. The van der Waals surface area contributed by atoms with E-state index in [1.54, 1.807) is 19.3 Å². The van der Waals surface area contributed by atoms with Crippen LogP contribution in [0.25, 0.3) is 0 Å². The molecule has 7 nitrogen and oxygen atoms in total. The Morgan fingerprint density at radius 2 is 2.24 bits per heavy atom. The van der Waals surface area contributed by atoms with Crippen LogP contribution in [0.4, 0.5) is 5.82 Å². The largest absolute Gasteiger partial charge is 0.373 e. The van der Waals surface area contributed by atoms with Crippen LogP contribution in [0.5, 0.6) is 0 Å². The third kappa shape index (κ3) is 5.53. The Labute approximate surface area is 165 Å². The summed E-state index contributed by atoms with van der Waals surface area (Å²) in [5.41, 5.74) is 1.06. The van der Waals surface area contributed by atoms with Crippen LogP contribution < -0.4 is 16.0 Å². The van der Waals surface area contributed by atoms with Gasteiger partial charge in [0, 0.05) is 26.2 Å². The Balaban J connectivity index is 0.00000225. The Kier molecular flexibility index (Phi) is 7.42. The molecule has 1 amide bonds. The molecule has 3 atom stereocenters. The van der Waals surface area contributed by atoms with Gasteiger partial charge in [-0.25, -0.2) is 4.98 Å². The van der Waals surface area contributed by atoms with E-state index in [0.29, 0.717) is 37.0 Å². The Morgan fingerprint density at radius 1 is 1.40 bits per heavy atom. The third-order valence-electron chi connectivity index (χ3n) is 4.48. The molecule has 1 aromatic heterocycles. The quantitative estimate of drug-likeness (QED) is 0.355. The Hall–Kier alpha value is -1.42. The average Bonchev–Trinajstić information content (AvgIpc) is 3.19. The van der Waals surface area contributed by atoms with Crippen molar-refractivity contribution in [2.24, 2.45) is 4.99 Å². The molecule has 3 unspecified atom stereocenters. The summed E-state index contributed by atoms with van der Waals surface area (Å²) in [5.74, 6) is 1.22. The van der Waals surface area contributed by atoms with Gasteiger partial charge in [0.05, 0.1) is 18.2 Å². The average molecular weight is 459 g/mol. The highest BCUT2D eigenvalue weighted by Crippen LogP contribution is 2.34. The maximum atomic E-state index is 11.9. The first-order valence-electron chi connectivity index (χ1n) is 8.49. The highest BCUT2D eigenvalue weighted by Gasteiger charge is 2.41. The SMILES string of the molecule is CN=C(NCCC(=O)Nc1ccc(C)cn1)NC1CC2CCC1O2.I. The molecule has 8 heteroatoms. The fourth-order valence-corrected chi connectivity index (χ4v) is 3.20. The number of guanidine groups is 1. The molecule has 0 radical (unpaired) electrons. The number of fused-ring (bicyclic) bond motifs is 2. The molecule has 2 fully saturated rings. The molecule has 2 aliphatic heterocycles. The van der Waals surface area contributed by atoms with Crippen molar-refractivity contribution in [2.45, 2.75) is 50.9 Å². The number of halogens is 1. The van der Waals surface area contributed by atoms with E-state index in [1.807, 2.05) is 13.0 Å². The molecule has 3 N–H and O–H groups in total. The van der Waals surface area contributed by atoms with Crippen LogP contribution in [0.3, 0.4) is 0 Å². The van der Waals surface area contributed by atoms with E-state index < -0.39 is 0 Å². The number of aryl methyl sites for hydroxylation is 1. The van der Waals surface area contributed by atoms with Crippen molar-refractivity contribution in [3.05, 3.63) is 23.9 Å². The van der Waals surface area contributed by atoms with Gasteiger partial charge in [-0.05, 0) is 37.8 Å². The number of hydrogen-bond acceptors (Lipinski definition) is 4. The van der Waals surface area contributed by atoms with E-state index in [0.717, 1.165) is 24.4 Å². The predicted octanol–water partition coefficient (Wildman–Crippen LogP) is 1.82. The fourth-order valence-electron chi connectivity index (χ4n) is 3.20. The van der Waals surface area contributed by atoms with Crippen molar-refractivity contribution in [3.8, 4) is 0 Å². The van der Waals surface area contributed by atoms with E-state index in [4.69, 9.17) is 4.74 Å². The lowest BCUT2D eigenvalue weighted by atomic mass is 9.96. The van der Waals surface area contributed by atoms with Crippen molar-refractivity contribution >= 4 is 41.7 Å². The first kappa shape index (κ1) is 19.9. The first-order valence-corrected chi connectivity index (χ1v) is 8.49. The second-order valence-electron chi connectivity index (χ2n) is 6.38. The molecule has 2 saturated heterocycles. The molecule has 2 bridgehead atoms. The van der Waals surface area contributed by atoms with Gasteiger partial charge in [0.1, 0.15) is 5.82 Å². The van der Waals surface area contributed by atoms with Crippen LogP contribution >= 0.6 is 24.0 Å². The standard InChI is InChI=1S/C17H25N5O2.HI/c1-11-3-6-15(20-10-11)22-16(23)7-8-19-17(18-2)21-13-9-12-4-5-14(13)24-12;/h3,6,10,12-14H,4-5,7-9H2,1-2H3,(H2,18,19,21)(H,20,22,23);1H. The highest BCUT2D eigenvalue weighted by molar-refractivity contribution is 14.0. The lowest BCUT2D eigenvalue weighted by Gasteiger charge is -2.22. The van der Waals surface area contributed by atoms with Crippen LogP contribution in [0, 0.1) is 6.92 Å². The summed E-state index contributed by atoms with van der Waals surface area (Å²) in [6.07, 6.45) is 6.10. The van der Waals surface area contributed by atoms with Gasteiger partial charge in [-0.1, -0.05) is 6.07 Å². The lowest BCUT2D eigenvalue weighted by molar-refractivity contribution is -0.116. The molecule has 1 aromatic rings. The van der Waals surface area contributed by atoms with Crippen molar-refractivity contribution in [3.63, 3.8) is 0 Å². The van der Waals surface area contributed by atoms with Crippen LogP contribution in [-0.4, -0.2) is 48.7 Å². The zero-order valence-electron chi connectivity index (χ0n) is 14.6. The van der Waals surface area contributed by atoms with E-state index in [2.05, 4.69) is 25.9 Å². The topological polar surface area (TPSA) is 87.6 Å². The lowest BCUT2D eigenvalue weighted by Crippen LogP contribution is -2.47. The van der Waals surface area contributed by atoms with Crippen molar-refractivity contribution in [2.75, 3.05) is 18.9 Å². The van der Waals surface area contributed by atoms with Gasteiger partial charge < -0.3 is 20.7 Å². The molecule has 3 rings (SSSR count). The van der Waals surface area contributed by atoms with Gasteiger partial charge in [0.25, 0.3) is 0 Å². The summed E-state index contributed by atoms with van der Waals surface area (Å²) in [6, 6.07) is 4.04. The van der Waals surface area contributed by atoms with Gasteiger partial charge in [0.2, 0.25) is 5.91 Å². The van der Waals surface area contributed by atoms with E-state index in [1.165, 1.54) is 6.42 Å². The van der Waals surface area contributed by atoms with Gasteiger partial charge in [-0.15, -0.1) is 24.0 Å². The zero-order chi connectivity index (χ0) is 16.9. The maximum absolute atomic E-state index is 11.9. The molecular weight excluding hydrogens is 433 g/mol. The number of carbonyl (C=O) groups excluding carboxylic acids is 1. The number of carbonyl (C=O) groups is 1.